The monoisotopic (exact) mass is 392 g/mol. The second-order valence-corrected chi connectivity index (χ2v) is 7.29. The van der Waals surface area contributed by atoms with Gasteiger partial charge >= 0.3 is 0 Å². The van der Waals surface area contributed by atoms with E-state index in [1.807, 2.05) is 54.6 Å². The van der Waals surface area contributed by atoms with Crippen LogP contribution in [0.3, 0.4) is 0 Å². The van der Waals surface area contributed by atoms with Gasteiger partial charge in [0.15, 0.2) is 11.5 Å². The molecule has 1 amide bonds. The van der Waals surface area contributed by atoms with Crippen LogP contribution in [0.1, 0.15) is 0 Å². The van der Waals surface area contributed by atoms with Gasteiger partial charge in [-0.25, -0.2) is 0 Å². The zero-order chi connectivity index (χ0) is 19.2. The Labute approximate surface area is 168 Å². The molecule has 0 unspecified atom stereocenters. The Bertz CT molecular complexity index is 963. The van der Waals surface area contributed by atoms with Gasteiger partial charge < -0.3 is 20.1 Å². The Hall–Kier alpha value is -3.12. The van der Waals surface area contributed by atoms with Gasteiger partial charge in [-0.1, -0.05) is 42.1 Å². The van der Waals surface area contributed by atoms with Crippen molar-refractivity contribution in [3.8, 4) is 11.5 Å². The normalized spacial score (nSPS) is 12.3. The van der Waals surface area contributed by atoms with Crippen LogP contribution in [-0.4, -0.2) is 25.7 Å². The van der Waals surface area contributed by atoms with Crippen molar-refractivity contribution in [1.29, 1.82) is 0 Å². The van der Waals surface area contributed by atoms with Crippen LogP contribution in [-0.2, 0) is 4.79 Å². The number of nitrogens with one attached hydrogen (secondary N) is 2. The van der Waals surface area contributed by atoms with Crippen molar-refractivity contribution >= 4 is 29.0 Å². The van der Waals surface area contributed by atoms with Crippen LogP contribution >= 0.6 is 11.8 Å². The SMILES string of the molecule is O=C(CNc1ccccc1Sc1ccccc1)Nc1ccc2c(c1)OCCO2. The summed E-state index contributed by atoms with van der Waals surface area (Å²) >= 11 is 1.66. The molecule has 1 aliphatic heterocycles. The fraction of sp³-hybridized carbons (Fsp3) is 0.136. The maximum atomic E-state index is 12.4. The quantitative estimate of drug-likeness (QED) is 0.639. The molecule has 6 heteroatoms. The maximum absolute atomic E-state index is 12.4. The fourth-order valence-corrected chi connectivity index (χ4v) is 3.76. The first-order valence-corrected chi connectivity index (χ1v) is 9.85. The molecule has 5 nitrogen and oxygen atoms in total. The van der Waals surface area contributed by atoms with Crippen LogP contribution in [0, 0.1) is 0 Å². The number of ether oxygens (including phenoxy) is 2. The van der Waals surface area contributed by atoms with Crippen LogP contribution in [0.2, 0.25) is 0 Å². The number of carbonyl (C=O) groups is 1. The topological polar surface area (TPSA) is 59.6 Å². The number of hydrogen-bond donors (Lipinski definition) is 2. The van der Waals surface area contributed by atoms with E-state index in [4.69, 9.17) is 9.47 Å². The van der Waals surface area contributed by atoms with Crippen molar-refractivity contribution in [2.24, 2.45) is 0 Å². The molecule has 28 heavy (non-hydrogen) atoms. The van der Waals surface area contributed by atoms with Crippen molar-refractivity contribution in [2.45, 2.75) is 9.79 Å². The molecule has 0 spiro atoms. The third-order valence-corrected chi connectivity index (χ3v) is 5.21. The molecule has 1 aliphatic rings. The molecule has 142 valence electrons. The highest BCUT2D eigenvalue weighted by Crippen LogP contribution is 2.34. The van der Waals surface area contributed by atoms with Gasteiger partial charge in [0.25, 0.3) is 0 Å². The molecule has 0 saturated heterocycles. The summed E-state index contributed by atoms with van der Waals surface area (Å²) in [5.41, 5.74) is 1.61. The highest BCUT2D eigenvalue weighted by Gasteiger charge is 2.13. The summed E-state index contributed by atoms with van der Waals surface area (Å²) in [4.78, 5) is 14.6. The number of rotatable bonds is 6. The smallest absolute Gasteiger partial charge is 0.243 e. The van der Waals surface area contributed by atoms with Crippen LogP contribution in [0.4, 0.5) is 11.4 Å². The van der Waals surface area contributed by atoms with E-state index in [1.54, 1.807) is 17.8 Å². The minimum absolute atomic E-state index is 0.129. The Balaban J connectivity index is 1.37. The molecule has 3 aromatic carbocycles. The molecular weight excluding hydrogens is 372 g/mol. The first-order valence-electron chi connectivity index (χ1n) is 9.03. The lowest BCUT2D eigenvalue weighted by molar-refractivity contribution is -0.114. The van der Waals surface area contributed by atoms with Crippen LogP contribution < -0.4 is 20.1 Å². The van der Waals surface area contributed by atoms with E-state index < -0.39 is 0 Å². The fourth-order valence-electron chi connectivity index (χ4n) is 2.82. The standard InChI is InChI=1S/C22H20N2O3S/c25-22(24-16-10-11-19-20(14-16)27-13-12-26-19)15-23-18-8-4-5-9-21(18)28-17-6-2-1-3-7-17/h1-11,14,23H,12-13,15H2,(H,24,25). The van der Waals surface area contributed by atoms with Crippen molar-refractivity contribution in [2.75, 3.05) is 30.4 Å². The Morgan fingerprint density at radius 2 is 1.64 bits per heavy atom. The Morgan fingerprint density at radius 3 is 2.50 bits per heavy atom. The predicted molar refractivity (Wildman–Crippen MR) is 112 cm³/mol. The minimum atomic E-state index is -0.129. The summed E-state index contributed by atoms with van der Waals surface area (Å²) in [5.74, 6) is 1.23. The average molecular weight is 392 g/mol. The molecule has 0 saturated carbocycles. The van der Waals surface area contributed by atoms with E-state index in [2.05, 4.69) is 22.8 Å². The molecule has 3 aromatic rings. The third kappa shape index (κ3) is 4.58. The lowest BCUT2D eigenvalue weighted by Crippen LogP contribution is -2.22. The number of hydrogen-bond acceptors (Lipinski definition) is 5. The summed E-state index contributed by atoms with van der Waals surface area (Å²) in [5, 5.41) is 6.11. The van der Waals surface area contributed by atoms with Gasteiger partial charge in [-0.05, 0) is 36.4 Å². The molecular formula is C22H20N2O3S. The third-order valence-electron chi connectivity index (χ3n) is 4.12. The lowest BCUT2D eigenvalue weighted by atomic mass is 10.2. The van der Waals surface area contributed by atoms with E-state index in [1.165, 1.54) is 0 Å². The molecule has 0 aromatic heterocycles. The molecule has 0 fully saturated rings. The van der Waals surface area contributed by atoms with Crippen molar-refractivity contribution in [1.82, 2.24) is 0 Å². The number of carbonyl (C=O) groups excluding carboxylic acids is 1. The molecule has 4 rings (SSSR count). The van der Waals surface area contributed by atoms with E-state index in [0.29, 0.717) is 30.4 Å². The number of benzene rings is 3. The van der Waals surface area contributed by atoms with Crippen LogP contribution in [0.25, 0.3) is 0 Å². The van der Waals surface area contributed by atoms with Gasteiger partial charge in [0, 0.05) is 27.2 Å². The molecule has 2 N–H and O–H groups in total. The lowest BCUT2D eigenvalue weighted by Gasteiger charge is -2.19. The Kier molecular flexibility index (Phi) is 5.68. The molecule has 1 heterocycles. The largest absolute Gasteiger partial charge is 0.486 e. The van der Waals surface area contributed by atoms with Crippen molar-refractivity contribution in [3.05, 3.63) is 72.8 Å². The number of fused-ring (bicyclic) bond motifs is 1. The summed E-state index contributed by atoms with van der Waals surface area (Å²) < 4.78 is 11.1. The molecule has 0 radical (unpaired) electrons. The highest BCUT2D eigenvalue weighted by molar-refractivity contribution is 7.99. The van der Waals surface area contributed by atoms with Gasteiger partial charge in [-0.2, -0.15) is 0 Å². The van der Waals surface area contributed by atoms with Gasteiger partial charge in [0.05, 0.1) is 6.54 Å². The van der Waals surface area contributed by atoms with Crippen molar-refractivity contribution < 1.29 is 14.3 Å². The number of amides is 1. The number of para-hydroxylation sites is 1. The van der Waals surface area contributed by atoms with Crippen LogP contribution in [0.15, 0.2) is 82.6 Å². The first-order chi connectivity index (χ1) is 13.8. The van der Waals surface area contributed by atoms with E-state index in [-0.39, 0.29) is 12.5 Å². The van der Waals surface area contributed by atoms with E-state index >= 15 is 0 Å². The zero-order valence-corrected chi connectivity index (χ0v) is 16.0. The minimum Gasteiger partial charge on any atom is -0.486 e. The summed E-state index contributed by atoms with van der Waals surface area (Å²) in [6.45, 7) is 1.23. The first kappa shape index (κ1) is 18.3. The number of anilines is 2. The van der Waals surface area contributed by atoms with Crippen molar-refractivity contribution in [3.63, 3.8) is 0 Å². The van der Waals surface area contributed by atoms with Crippen LogP contribution in [0.5, 0.6) is 11.5 Å². The average Bonchev–Trinajstić information content (AvgIpc) is 2.74. The summed E-state index contributed by atoms with van der Waals surface area (Å²) in [7, 11) is 0. The Morgan fingerprint density at radius 1 is 0.893 bits per heavy atom. The van der Waals surface area contributed by atoms with Gasteiger partial charge in [-0.3, -0.25) is 4.79 Å². The van der Waals surface area contributed by atoms with E-state index in [0.717, 1.165) is 15.5 Å². The summed E-state index contributed by atoms with van der Waals surface area (Å²) in [6.07, 6.45) is 0. The van der Waals surface area contributed by atoms with Gasteiger partial charge in [-0.15, -0.1) is 0 Å². The molecule has 0 atom stereocenters. The highest BCUT2D eigenvalue weighted by atomic mass is 32.2. The molecule has 0 bridgehead atoms. The van der Waals surface area contributed by atoms with E-state index in [9.17, 15) is 4.79 Å². The second-order valence-electron chi connectivity index (χ2n) is 6.17. The summed E-state index contributed by atoms with van der Waals surface area (Å²) in [6, 6.07) is 23.5. The maximum Gasteiger partial charge on any atom is 0.243 e. The molecule has 0 aliphatic carbocycles. The zero-order valence-electron chi connectivity index (χ0n) is 15.2. The predicted octanol–water partition coefficient (Wildman–Crippen LogP) is 4.66. The van der Waals surface area contributed by atoms with Gasteiger partial charge in [0.1, 0.15) is 13.2 Å². The van der Waals surface area contributed by atoms with Gasteiger partial charge in [0.2, 0.25) is 5.91 Å². The second kappa shape index (κ2) is 8.71.